The van der Waals surface area contributed by atoms with Crippen LogP contribution in [-0.4, -0.2) is 19.1 Å². The lowest BCUT2D eigenvalue weighted by atomic mass is 9.97. The summed E-state index contributed by atoms with van der Waals surface area (Å²) in [6.45, 7) is 8.90. The molecule has 2 aromatic carbocycles. The summed E-state index contributed by atoms with van der Waals surface area (Å²) in [6, 6.07) is 8.66. The van der Waals surface area contributed by atoms with E-state index in [9.17, 15) is 9.59 Å². The van der Waals surface area contributed by atoms with Crippen LogP contribution < -0.4 is 20.2 Å². The fourth-order valence-corrected chi connectivity index (χ4v) is 4.03. The van der Waals surface area contributed by atoms with E-state index < -0.39 is 6.04 Å². The third-order valence-electron chi connectivity index (χ3n) is 5.48. The number of nitrogens with one attached hydrogen (secondary N) is 1. The van der Waals surface area contributed by atoms with Crippen molar-refractivity contribution in [2.24, 2.45) is 0 Å². The maximum Gasteiger partial charge on any atom is 0.288 e. The zero-order chi connectivity index (χ0) is 22.1. The zero-order valence-electron chi connectivity index (χ0n) is 18.3. The second-order valence-electron chi connectivity index (χ2n) is 7.88. The molecule has 1 amide bonds. The molecule has 0 radical (unpaired) electrons. The van der Waals surface area contributed by atoms with E-state index in [0.29, 0.717) is 41.2 Å². The van der Waals surface area contributed by atoms with Gasteiger partial charge in [-0.25, -0.2) is 0 Å². The van der Waals surface area contributed by atoms with Crippen LogP contribution in [0.5, 0.6) is 11.5 Å². The van der Waals surface area contributed by atoms with E-state index in [1.807, 2.05) is 51.1 Å². The van der Waals surface area contributed by atoms with Gasteiger partial charge in [0.2, 0.25) is 5.76 Å². The van der Waals surface area contributed by atoms with Crippen molar-refractivity contribution < 1.29 is 18.7 Å². The molecule has 3 aromatic rings. The second kappa shape index (κ2) is 8.46. The van der Waals surface area contributed by atoms with Gasteiger partial charge in [-0.2, -0.15) is 0 Å². The molecule has 31 heavy (non-hydrogen) atoms. The first kappa shape index (κ1) is 21.0. The predicted octanol–water partition coefficient (Wildman–Crippen LogP) is 4.82. The Hall–Kier alpha value is -3.28. The topological polar surface area (TPSA) is 77.8 Å². The van der Waals surface area contributed by atoms with E-state index in [2.05, 4.69) is 12.2 Å². The zero-order valence-corrected chi connectivity index (χ0v) is 18.3. The van der Waals surface area contributed by atoms with Gasteiger partial charge in [-0.1, -0.05) is 25.5 Å². The van der Waals surface area contributed by atoms with Gasteiger partial charge in [0, 0.05) is 0 Å². The Morgan fingerprint density at radius 2 is 1.84 bits per heavy atom. The minimum Gasteiger partial charge on any atom is -0.490 e. The molecule has 2 heterocycles. The Morgan fingerprint density at radius 3 is 2.58 bits per heavy atom. The molecule has 0 bridgehead atoms. The molecule has 1 aromatic heterocycles. The number of carbonyl (C=O) groups is 1. The quantitative estimate of drug-likeness (QED) is 0.554. The van der Waals surface area contributed by atoms with Crippen molar-refractivity contribution in [2.45, 2.75) is 46.6 Å². The van der Waals surface area contributed by atoms with Crippen LogP contribution >= 0.6 is 0 Å². The van der Waals surface area contributed by atoms with Gasteiger partial charge in [-0.3, -0.25) is 9.59 Å². The molecule has 0 fully saturated rings. The molecular formula is C25H27NO5. The highest BCUT2D eigenvalue weighted by Gasteiger charge is 2.36. The van der Waals surface area contributed by atoms with Crippen LogP contribution in [0.4, 0.5) is 0 Å². The standard InChI is InChI=1S/C25H27NO5/c1-5-7-10-30-18-9-8-16(13-19(18)29-6-2)21-20-22(27)17-12-14(3)11-15(4)23(17)31-24(20)25(28)26-21/h8-9,11-13,21H,5-7,10H2,1-4H3,(H,26,28). The number of ether oxygens (including phenoxy) is 2. The molecule has 1 unspecified atom stereocenters. The van der Waals surface area contributed by atoms with Crippen LogP contribution in [0.3, 0.4) is 0 Å². The van der Waals surface area contributed by atoms with E-state index in [4.69, 9.17) is 13.9 Å². The average Bonchev–Trinajstić information content (AvgIpc) is 3.07. The minimum atomic E-state index is -0.604. The van der Waals surface area contributed by atoms with Gasteiger partial charge in [0.05, 0.1) is 30.2 Å². The van der Waals surface area contributed by atoms with Crippen LogP contribution in [0, 0.1) is 13.8 Å². The van der Waals surface area contributed by atoms with Gasteiger partial charge in [0.1, 0.15) is 5.58 Å². The smallest absolute Gasteiger partial charge is 0.288 e. The maximum absolute atomic E-state index is 13.4. The maximum atomic E-state index is 13.4. The summed E-state index contributed by atoms with van der Waals surface area (Å²) in [5.41, 5.74) is 3.16. The first-order valence-corrected chi connectivity index (χ1v) is 10.7. The fourth-order valence-electron chi connectivity index (χ4n) is 4.03. The molecule has 1 aliphatic heterocycles. The van der Waals surface area contributed by atoms with Gasteiger partial charge < -0.3 is 19.2 Å². The van der Waals surface area contributed by atoms with Gasteiger partial charge in [0.25, 0.3) is 5.91 Å². The highest BCUT2D eigenvalue weighted by atomic mass is 16.5. The van der Waals surface area contributed by atoms with Gasteiger partial charge >= 0.3 is 0 Å². The Bertz CT molecular complexity index is 1210. The van der Waals surface area contributed by atoms with Crippen molar-refractivity contribution in [3.05, 3.63) is 68.6 Å². The number of fused-ring (bicyclic) bond motifs is 2. The van der Waals surface area contributed by atoms with Crippen molar-refractivity contribution in [3.8, 4) is 11.5 Å². The van der Waals surface area contributed by atoms with E-state index in [-0.39, 0.29) is 17.1 Å². The fraction of sp³-hybridized carbons (Fsp3) is 0.360. The molecule has 0 aliphatic carbocycles. The van der Waals surface area contributed by atoms with E-state index in [0.717, 1.165) is 29.5 Å². The number of carbonyl (C=O) groups excluding carboxylic acids is 1. The predicted molar refractivity (Wildman–Crippen MR) is 119 cm³/mol. The minimum absolute atomic E-state index is 0.0793. The molecule has 1 N–H and O–H groups in total. The van der Waals surface area contributed by atoms with Crippen LogP contribution in [0.2, 0.25) is 0 Å². The number of hydrogen-bond acceptors (Lipinski definition) is 5. The van der Waals surface area contributed by atoms with Crippen molar-refractivity contribution in [3.63, 3.8) is 0 Å². The normalized spacial score (nSPS) is 15.1. The molecule has 0 saturated heterocycles. The number of amides is 1. The Labute approximate surface area is 181 Å². The second-order valence-corrected chi connectivity index (χ2v) is 7.88. The lowest BCUT2D eigenvalue weighted by Crippen LogP contribution is -2.22. The summed E-state index contributed by atoms with van der Waals surface area (Å²) >= 11 is 0. The molecule has 4 rings (SSSR count). The van der Waals surface area contributed by atoms with E-state index in [1.54, 1.807) is 0 Å². The SMILES string of the molecule is CCCCOc1ccc(C2NC(=O)c3oc4c(C)cc(C)cc4c(=O)c32)cc1OCC. The van der Waals surface area contributed by atoms with E-state index in [1.165, 1.54) is 0 Å². The molecule has 6 heteroatoms. The summed E-state index contributed by atoms with van der Waals surface area (Å²) in [7, 11) is 0. The first-order valence-electron chi connectivity index (χ1n) is 10.7. The first-order chi connectivity index (χ1) is 14.9. The number of aryl methyl sites for hydroxylation is 2. The van der Waals surface area contributed by atoms with Gasteiger partial charge in [0.15, 0.2) is 16.9 Å². The Morgan fingerprint density at radius 1 is 1.03 bits per heavy atom. The number of hydrogen-bond donors (Lipinski definition) is 1. The highest BCUT2D eigenvalue weighted by molar-refractivity contribution is 5.99. The van der Waals surface area contributed by atoms with Crippen molar-refractivity contribution in [1.82, 2.24) is 5.32 Å². The summed E-state index contributed by atoms with van der Waals surface area (Å²) in [5.74, 6) is 0.937. The molecular weight excluding hydrogens is 394 g/mol. The van der Waals surface area contributed by atoms with Crippen molar-refractivity contribution >= 4 is 16.9 Å². The van der Waals surface area contributed by atoms with E-state index >= 15 is 0 Å². The summed E-state index contributed by atoms with van der Waals surface area (Å²) in [6.07, 6.45) is 1.99. The average molecular weight is 421 g/mol. The highest BCUT2D eigenvalue weighted by Crippen LogP contribution is 2.36. The van der Waals surface area contributed by atoms with Crippen LogP contribution in [0.25, 0.3) is 11.0 Å². The molecule has 0 saturated carbocycles. The third kappa shape index (κ3) is 3.78. The largest absolute Gasteiger partial charge is 0.490 e. The molecule has 1 aliphatic rings. The molecule has 162 valence electrons. The lowest BCUT2D eigenvalue weighted by Gasteiger charge is -2.16. The summed E-state index contributed by atoms with van der Waals surface area (Å²) < 4.78 is 17.6. The number of rotatable bonds is 7. The molecule has 1 atom stereocenters. The van der Waals surface area contributed by atoms with Crippen molar-refractivity contribution in [1.29, 1.82) is 0 Å². The Balaban J connectivity index is 1.81. The van der Waals surface area contributed by atoms with Crippen LogP contribution in [0.1, 0.15) is 65.5 Å². The van der Waals surface area contributed by atoms with Crippen LogP contribution in [-0.2, 0) is 0 Å². The molecule has 0 spiro atoms. The van der Waals surface area contributed by atoms with Crippen molar-refractivity contribution in [2.75, 3.05) is 13.2 Å². The lowest BCUT2D eigenvalue weighted by molar-refractivity contribution is 0.0938. The monoisotopic (exact) mass is 421 g/mol. The van der Waals surface area contributed by atoms with Gasteiger partial charge in [-0.15, -0.1) is 0 Å². The third-order valence-corrected chi connectivity index (χ3v) is 5.48. The molecule has 6 nitrogen and oxygen atoms in total. The summed E-state index contributed by atoms with van der Waals surface area (Å²) in [4.78, 5) is 26.1. The summed E-state index contributed by atoms with van der Waals surface area (Å²) in [5, 5.41) is 3.39. The number of unbranched alkanes of at least 4 members (excludes halogenated alkanes) is 1. The Kier molecular flexibility index (Phi) is 5.72. The van der Waals surface area contributed by atoms with Crippen LogP contribution in [0.15, 0.2) is 39.5 Å². The number of benzene rings is 2. The van der Waals surface area contributed by atoms with Gasteiger partial charge in [-0.05, 0) is 62.1 Å².